The summed E-state index contributed by atoms with van der Waals surface area (Å²) in [6.07, 6.45) is 2.39. The van der Waals surface area contributed by atoms with Crippen molar-refractivity contribution < 1.29 is 4.79 Å². The quantitative estimate of drug-likeness (QED) is 0.734. The highest BCUT2D eigenvalue weighted by Crippen LogP contribution is 2.17. The van der Waals surface area contributed by atoms with Crippen LogP contribution in [0.25, 0.3) is 0 Å². The van der Waals surface area contributed by atoms with Crippen molar-refractivity contribution in [3.63, 3.8) is 0 Å². The molecule has 0 aliphatic carbocycles. The van der Waals surface area contributed by atoms with Gasteiger partial charge >= 0.3 is 0 Å². The topological polar surface area (TPSA) is 41.1 Å². The van der Waals surface area contributed by atoms with E-state index in [0.29, 0.717) is 6.04 Å². The predicted molar refractivity (Wildman–Crippen MR) is 62.7 cm³/mol. The highest BCUT2D eigenvalue weighted by atomic mass is 32.2. The van der Waals surface area contributed by atoms with Crippen LogP contribution in [-0.4, -0.2) is 41.1 Å². The van der Waals surface area contributed by atoms with Crippen LogP contribution in [0, 0.1) is 0 Å². The second-order valence-corrected chi connectivity index (χ2v) is 5.87. The van der Waals surface area contributed by atoms with E-state index < -0.39 is 0 Å². The Hall–Kier alpha value is 0.130. The highest BCUT2D eigenvalue weighted by molar-refractivity contribution is 7.99. The molecule has 2 aliphatic heterocycles. The summed E-state index contributed by atoms with van der Waals surface area (Å²) in [7, 11) is 0. The molecular weight excluding hydrogens is 216 g/mol. The Morgan fingerprint density at radius 1 is 1.36 bits per heavy atom. The first-order valence-electron chi connectivity index (χ1n) is 5.05. The maximum atomic E-state index is 11.7. The van der Waals surface area contributed by atoms with E-state index in [4.69, 9.17) is 0 Å². The van der Waals surface area contributed by atoms with Gasteiger partial charge in [-0.05, 0) is 18.6 Å². The Labute approximate surface area is 93.2 Å². The molecule has 2 aliphatic rings. The number of nitrogens with one attached hydrogen (secondary N) is 2. The van der Waals surface area contributed by atoms with Gasteiger partial charge in [0, 0.05) is 23.4 Å². The molecule has 0 saturated carbocycles. The summed E-state index contributed by atoms with van der Waals surface area (Å²) >= 11 is 3.74. The molecule has 2 heterocycles. The van der Waals surface area contributed by atoms with Crippen LogP contribution in [-0.2, 0) is 4.79 Å². The lowest BCUT2D eigenvalue weighted by atomic mass is 10.1. The van der Waals surface area contributed by atoms with E-state index in [9.17, 15) is 4.79 Å². The summed E-state index contributed by atoms with van der Waals surface area (Å²) in [6, 6.07) is 0.459. The standard InChI is InChI=1S/C9H16N2OS2/c12-9(8-5-14-6-10-8)11-7-2-1-3-13-4-7/h7-8,10H,1-6H2,(H,11,12). The van der Waals surface area contributed by atoms with E-state index in [-0.39, 0.29) is 11.9 Å². The Kier molecular flexibility index (Phi) is 4.01. The van der Waals surface area contributed by atoms with Gasteiger partial charge in [0.15, 0.2) is 0 Å². The summed E-state index contributed by atoms with van der Waals surface area (Å²) in [5.74, 6) is 4.38. The maximum absolute atomic E-state index is 11.7. The summed E-state index contributed by atoms with van der Waals surface area (Å²) < 4.78 is 0. The molecule has 2 N–H and O–H groups in total. The molecule has 0 aromatic rings. The van der Waals surface area contributed by atoms with Gasteiger partial charge in [-0.15, -0.1) is 11.8 Å². The van der Waals surface area contributed by atoms with Crippen LogP contribution >= 0.6 is 23.5 Å². The molecule has 0 bridgehead atoms. The van der Waals surface area contributed by atoms with E-state index in [1.165, 1.54) is 12.2 Å². The summed E-state index contributed by atoms with van der Waals surface area (Å²) in [4.78, 5) is 11.7. The van der Waals surface area contributed by atoms with Gasteiger partial charge in [0.05, 0.1) is 6.04 Å². The van der Waals surface area contributed by atoms with Gasteiger partial charge in [-0.1, -0.05) is 0 Å². The van der Waals surface area contributed by atoms with Gasteiger partial charge in [0.1, 0.15) is 0 Å². The second kappa shape index (κ2) is 5.28. The Morgan fingerprint density at radius 3 is 2.93 bits per heavy atom. The molecule has 5 heteroatoms. The van der Waals surface area contributed by atoms with Crippen LogP contribution < -0.4 is 10.6 Å². The molecule has 1 amide bonds. The average molecular weight is 232 g/mol. The molecule has 0 aromatic carbocycles. The monoisotopic (exact) mass is 232 g/mol. The lowest BCUT2D eigenvalue weighted by molar-refractivity contribution is -0.123. The molecule has 2 atom stereocenters. The molecule has 2 unspecified atom stereocenters. The van der Waals surface area contributed by atoms with Gasteiger partial charge in [-0.3, -0.25) is 10.1 Å². The molecule has 0 radical (unpaired) electrons. The van der Waals surface area contributed by atoms with Crippen LogP contribution in [0.1, 0.15) is 12.8 Å². The highest BCUT2D eigenvalue weighted by Gasteiger charge is 2.25. The van der Waals surface area contributed by atoms with E-state index in [1.54, 1.807) is 11.8 Å². The Balaban J connectivity index is 1.75. The van der Waals surface area contributed by atoms with Crippen LogP contribution in [0.15, 0.2) is 0 Å². The number of hydrogen-bond donors (Lipinski definition) is 2. The maximum Gasteiger partial charge on any atom is 0.238 e. The van der Waals surface area contributed by atoms with Gasteiger partial charge in [0.2, 0.25) is 5.91 Å². The minimum atomic E-state index is 0.0481. The molecule has 3 nitrogen and oxygen atoms in total. The molecular formula is C9H16N2OS2. The lowest BCUT2D eigenvalue weighted by Crippen LogP contribution is -2.47. The fourth-order valence-corrected chi connectivity index (χ4v) is 3.73. The largest absolute Gasteiger partial charge is 0.351 e. The van der Waals surface area contributed by atoms with E-state index in [1.807, 2.05) is 11.8 Å². The Morgan fingerprint density at radius 2 is 2.29 bits per heavy atom. The third-order valence-corrected chi connectivity index (χ3v) is 4.69. The lowest BCUT2D eigenvalue weighted by Gasteiger charge is -2.23. The van der Waals surface area contributed by atoms with Crippen LogP contribution in [0.4, 0.5) is 0 Å². The van der Waals surface area contributed by atoms with Crippen LogP contribution in [0.2, 0.25) is 0 Å². The van der Waals surface area contributed by atoms with E-state index in [0.717, 1.165) is 23.8 Å². The summed E-state index contributed by atoms with van der Waals surface area (Å²) in [6.45, 7) is 0. The van der Waals surface area contributed by atoms with Crippen molar-refractivity contribution in [1.29, 1.82) is 0 Å². The number of carbonyl (C=O) groups is 1. The number of thioether (sulfide) groups is 2. The third-order valence-electron chi connectivity index (χ3n) is 2.54. The number of rotatable bonds is 2. The first-order chi connectivity index (χ1) is 6.86. The Bertz CT molecular complexity index is 201. The SMILES string of the molecule is O=C(NC1CCCSC1)C1CSCN1. The van der Waals surface area contributed by atoms with Crippen LogP contribution in [0.3, 0.4) is 0 Å². The molecule has 80 valence electrons. The minimum absolute atomic E-state index is 0.0481. The molecule has 14 heavy (non-hydrogen) atoms. The zero-order valence-corrected chi connectivity index (χ0v) is 9.76. The normalized spacial score (nSPS) is 32.9. The van der Waals surface area contributed by atoms with Crippen molar-refractivity contribution in [3.8, 4) is 0 Å². The smallest absolute Gasteiger partial charge is 0.238 e. The fraction of sp³-hybridized carbons (Fsp3) is 0.889. The number of amides is 1. The van der Waals surface area contributed by atoms with Crippen molar-refractivity contribution in [2.45, 2.75) is 24.9 Å². The molecule has 0 spiro atoms. The predicted octanol–water partition coefficient (Wildman–Crippen LogP) is 0.661. The van der Waals surface area contributed by atoms with Gasteiger partial charge < -0.3 is 5.32 Å². The van der Waals surface area contributed by atoms with E-state index >= 15 is 0 Å². The second-order valence-electron chi connectivity index (χ2n) is 3.69. The van der Waals surface area contributed by atoms with Crippen molar-refractivity contribution in [2.24, 2.45) is 0 Å². The molecule has 2 saturated heterocycles. The average Bonchev–Trinajstić information content (AvgIpc) is 2.72. The van der Waals surface area contributed by atoms with E-state index in [2.05, 4.69) is 10.6 Å². The van der Waals surface area contributed by atoms with Gasteiger partial charge in [0.25, 0.3) is 0 Å². The van der Waals surface area contributed by atoms with Crippen molar-refractivity contribution >= 4 is 29.4 Å². The minimum Gasteiger partial charge on any atom is -0.351 e. The zero-order valence-electron chi connectivity index (χ0n) is 8.12. The molecule has 2 fully saturated rings. The van der Waals surface area contributed by atoms with Gasteiger partial charge in [-0.25, -0.2) is 0 Å². The first kappa shape index (κ1) is 10.6. The molecule has 2 rings (SSSR count). The summed E-state index contributed by atoms with van der Waals surface area (Å²) in [5, 5.41) is 6.32. The van der Waals surface area contributed by atoms with Crippen molar-refractivity contribution in [3.05, 3.63) is 0 Å². The molecule has 0 aromatic heterocycles. The van der Waals surface area contributed by atoms with Crippen molar-refractivity contribution in [2.75, 3.05) is 23.1 Å². The number of carbonyl (C=O) groups excluding carboxylic acids is 1. The van der Waals surface area contributed by atoms with Crippen molar-refractivity contribution in [1.82, 2.24) is 10.6 Å². The van der Waals surface area contributed by atoms with Crippen LogP contribution in [0.5, 0.6) is 0 Å². The zero-order chi connectivity index (χ0) is 9.80. The number of hydrogen-bond acceptors (Lipinski definition) is 4. The summed E-state index contributed by atoms with van der Waals surface area (Å²) in [5.41, 5.74) is 0. The third kappa shape index (κ3) is 2.81. The van der Waals surface area contributed by atoms with Gasteiger partial charge in [-0.2, -0.15) is 11.8 Å². The fourth-order valence-electron chi connectivity index (χ4n) is 1.72. The first-order valence-corrected chi connectivity index (χ1v) is 7.36.